The van der Waals surface area contributed by atoms with E-state index >= 15 is 0 Å². The minimum absolute atomic E-state index is 0.0989. The minimum Gasteiger partial charge on any atom is -0.385 e. The number of halogens is 1. The van der Waals surface area contributed by atoms with Crippen LogP contribution in [0.2, 0.25) is 0 Å². The third-order valence-electron chi connectivity index (χ3n) is 2.98. The molecule has 1 N–H and O–H groups in total. The van der Waals surface area contributed by atoms with E-state index in [1.54, 1.807) is 23.5 Å². The number of non-ortho nitro benzene ring substituents is 1. The minimum atomic E-state index is -0.362. The number of benzene rings is 1. The Kier molecular flexibility index (Phi) is 5.19. The van der Waals surface area contributed by atoms with Gasteiger partial charge in [0.2, 0.25) is 0 Å². The number of rotatable bonds is 6. The molecule has 1 heterocycles. The highest BCUT2D eigenvalue weighted by Crippen LogP contribution is 2.28. The Hall–Kier alpha value is -1.60. The lowest BCUT2D eigenvalue weighted by Crippen LogP contribution is -2.16. The van der Waals surface area contributed by atoms with Crippen molar-refractivity contribution in [2.24, 2.45) is 0 Å². The number of anilines is 2. The number of nitrogens with one attached hydrogen (secondary N) is 1. The first-order chi connectivity index (χ1) is 9.99. The van der Waals surface area contributed by atoms with Gasteiger partial charge in [0, 0.05) is 43.6 Å². The van der Waals surface area contributed by atoms with E-state index in [2.05, 4.69) is 32.7 Å². The van der Waals surface area contributed by atoms with Crippen molar-refractivity contribution in [3.8, 4) is 0 Å². The van der Waals surface area contributed by atoms with Gasteiger partial charge in [0.05, 0.1) is 8.71 Å². The van der Waals surface area contributed by atoms with Crippen molar-refractivity contribution in [3.05, 3.63) is 49.1 Å². The Morgan fingerprint density at radius 1 is 1.38 bits per heavy atom. The van der Waals surface area contributed by atoms with Gasteiger partial charge in [-0.05, 0) is 45.9 Å². The van der Waals surface area contributed by atoms with Crippen LogP contribution in [0.25, 0.3) is 0 Å². The molecule has 0 aliphatic heterocycles. The van der Waals surface area contributed by atoms with Gasteiger partial charge in [-0.3, -0.25) is 10.1 Å². The van der Waals surface area contributed by atoms with Gasteiger partial charge in [-0.1, -0.05) is 0 Å². The smallest absolute Gasteiger partial charge is 0.273 e. The monoisotopic (exact) mass is 369 g/mol. The molecule has 0 saturated heterocycles. The molecule has 5 nitrogen and oxygen atoms in total. The lowest BCUT2D eigenvalue weighted by Gasteiger charge is -2.19. The molecule has 7 heteroatoms. The zero-order valence-corrected chi connectivity index (χ0v) is 14.2. The molecule has 0 unspecified atom stereocenters. The van der Waals surface area contributed by atoms with Crippen LogP contribution in [-0.4, -0.2) is 18.5 Å². The average molecular weight is 370 g/mol. The van der Waals surface area contributed by atoms with Crippen molar-refractivity contribution in [1.82, 2.24) is 0 Å². The van der Waals surface area contributed by atoms with E-state index in [9.17, 15) is 10.1 Å². The molecule has 0 radical (unpaired) electrons. The Morgan fingerprint density at radius 3 is 2.71 bits per heavy atom. The number of nitro groups is 1. The van der Waals surface area contributed by atoms with Crippen LogP contribution >= 0.6 is 27.3 Å². The molecule has 0 aliphatic rings. The lowest BCUT2D eigenvalue weighted by atomic mass is 10.2. The van der Waals surface area contributed by atoms with Crippen LogP contribution in [-0.2, 0) is 6.54 Å². The van der Waals surface area contributed by atoms with Crippen LogP contribution in [0.5, 0.6) is 0 Å². The molecule has 0 spiro atoms. The fraction of sp³-hybridized carbons (Fsp3) is 0.286. The maximum Gasteiger partial charge on any atom is 0.273 e. The first-order valence-corrected chi connectivity index (χ1v) is 8.14. The molecule has 1 aromatic heterocycles. The predicted octanol–water partition coefficient (Wildman–Crippen LogP) is 4.49. The first kappa shape index (κ1) is 15.8. The summed E-state index contributed by atoms with van der Waals surface area (Å²) in [6, 6.07) is 7.14. The summed E-state index contributed by atoms with van der Waals surface area (Å²) in [5.41, 5.74) is 2.86. The Bertz CT molecular complexity index is 645. The van der Waals surface area contributed by atoms with Gasteiger partial charge < -0.3 is 10.2 Å². The van der Waals surface area contributed by atoms with Crippen molar-refractivity contribution < 1.29 is 4.92 Å². The summed E-state index contributed by atoms with van der Waals surface area (Å²) in [6.07, 6.45) is 0. The van der Waals surface area contributed by atoms with Crippen LogP contribution in [0, 0.1) is 10.1 Å². The summed E-state index contributed by atoms with van der Waals surface area (Å²) in [6.45, 7) is 3.39. The van der Waals surface area contributed by atoms with Crippen molar-refractivity contribution >= 4 is 44.3 Å². The molecular weight excluding hydrogens is 354 g/mol. The maximum atomic E-state index is 11.0. The summed E-state index contributed by atoms with van der Waals surface area (Å²) < 4.78 is 1.08. The van der Waals surface area contributed by atoms with Crippen LogP contribution in [0.3, 0.4) is 0 Å². The van der Waals surface area contributed by atoms with E-state index in [0.717, 1.165) is 21.7 Å². The van der Waals surface area contributed by atoms with Crippen LogP contribution in [0.1, 0.15) is 12.5 Å². The Labute approximate surface area is 135 Å². The van der Waals surface area contributed by atoms with Gasteiger partial charge in [-0.25, -0.2) is 0 Å². The molecule has 0 amide bonds. The molecule has 0 atom stereocenters. The van der Waals surface area contributed by atoms with Crippen molar-refractivity contribution in [2.75, 3.05) is 23.8 Å². The van der Waals surface area contributed by atoms with Crippen molar-refractivity contribution in [1.29, 1.82) is 0 Å². The SMILES string of the molecule is CCNc1cc(N(C)Cc2csc(Br)c2)cc([N+](=O)[O-])c1. The largest absolute Gasteiger partial charge is 0.385 e. The van der Waals surface area contributed by atoms with Gasteiger partial charge in [0.1, 0.15) is 0 Å². The van der Waals surface area contributed by atoms with Crippen molar-refractivity contribution in [2.45, 2.75) is 13.5 Å². The first-order valence-electron chi connectivity index (χ1n) is 6.47. The van der Waals surface area contributed by atoms with Gasteiger partial charge in [-0.2, -0.15) is 0 Å². The molecule has 2 rings (SSSR count). The van der Waals surface area contributed by atoms with Gasteiger partial charge >= 0.3 is 0 Å². The second-order valence-corrected chi connectivity index (χ2v) is 6.93. The second kappa shape index (κ2) is 6.91. The Morgan fingerprint density at radius 2 is 2.14 bits per heavy atom. The van der Waals surface area contributed by atoms with Gasteiger partial charge in [0.15, 0.2) is 0 Å². The third kappa shape index (κ3) is 4.18. The van der Waals surface area contributed by atoms with E-state index in [0.29, 0.717) is 6.54 Å². The quantitative estimate of drug-likeness (QED) is 0.601. The highest BCUT2D eigenvalue weighted by Gasteiger charge is 2.12. The predicted molar refractivity (Wildman–Crippen MR) is 91.4 cm³/mol. The molecule has 112 valence electrons. The van der Waals surface area contributed by atoms with E-state index in [1.165, 1.54) is 5.56 Å². The second-order valence-electron chi connectivity index (χ2n) is 4.64. The summed E-state index contributed by atoms with van der Waals surface area (Å²) in [7, 11) is 1.93. The van der Waals surface area contributed by atoms with Crippen molar-refractivity contribution in [3.63, 3.8) is 0 Å². The highest BCUT2D eigenvalue weighted by molar-refractivity contribution is 9.11. The topological polar surface area (TPSA) is 58.4 Å². The summed E-state index contributed by atoms with van der Waals surface area (Å²) >= 11 is 5.07. The molecule has 0 aliphatic carbocycles. The third-order valence-corrected chi connectivity index (χ3v) is 4.53. The van der Waals surface area contributed by atoms with E-state index in [1.807, 2.05) is 24.9 Å². The van der Waals surface area contributed by atoms with Gasteiger partial charge in [0.25, 0.3) is 5.69 Å². The molecular formula is C14H16BrN3O2S. The van der Waals surface area contributed by atoms with Crippen LogP contribution in [0.15, 0.2) is 33.4 Å². The van der Waals surface area contributed by atoms with Crippen LogP contribution < -0.4 is 10.2 Å². The van der Waals surface area contributed by atoms with E-state index in [-0.39, 0.29) is 10.6 Å². The number of nitrogens with zero attached hydrogens (tertiary/aromatic N) is 2. The van der Waals surface area contributed by atoms with Gasteiger partial charge in [-0.15, -0.1) is 11.3 Å². The fourth-order valence-corrected chi connectivity index (χ4v) is 3.22. The number of hydrogen-bond acceptors (Lipinski definition) is 5. The zero-order chi connectivity index (χ0) is 15.4. The standard InChI is InChI=1S/C14H16BrN3O2S/c1-3-16-11-5-12(7-13(6-11)18(19)20)17(2)8-10-4-14(15)21-9-10/h4-7,9,16H,3,8H2,1-2H3. The lowest BCUT2D eigenvalue weighted by molar-refractivity contribution is -0.384. The summed E-state index contributed by atoms with van der Waals surface area (Å²) in [4.78, 5) is 12.7. The molecule has 0 saturated carbocycles. The highest BCUT2D eigenvalue weighted by atomic mass is 79.9. The number of hydrogen-bond donors (Lipinski definition) is 1. The van der Waals surface area contributed by atoms with Crippen LogP contribution in [0.4, 0.5) is 17.1 Å². The zero-order valence-electron chi connectivity index (χ0n) is 11.8. The fourth-order valence-electron chi connectivity index (χ4n) is 2.02. The number of nitro benzene ring substituents is 1. The maximum absolute atomic E-state index is 11.0. The molecule has 0 bridgehead atoms. The van der Waals surface area contributed by atoms with E-state index in [4.69, 9.17) is 0 Å². The average Bonchev–Trinajstić information content (AvgIpc) is 2.84. The molecule has 1 aromatic carbocycles. The normalized spacial score (nSPS) is 10.4. The number of thiophene rings is 1. The molecule has 0 fully saturated rings. The summed E-state index contributed by atoms with van der Waals surface area (Å²) in [5.74, 6) is 0. The van der Waals surface area contributed by atoms with E-state index < -0.39 is 0 Å². The molecule has 2 aromatic rings. The summed E-state index contributed by atoms with van der Waals surface area (Å²) in [5, 5.41) is 16.3. The molecule has 21 heavy (non-hydrogen) atoms. The Balaban J connectivity index is 2.26.